The van der Waals surface area contributed by atoms with E-state index in [2.05, 4.69) is 24.8 Å². The highest BCUT2D eigenvalue weighted by atomic mass is 16.5. The third kappa shape index (κ3) is 4.31. The molecule has 2 N–H and O–H groups in total. The van der Waals surface area contributed by atoms with Gasteiger partial charge >= 0.3 is 17.9 Å². The Balaban J connectivity index is 3.56. The fourth-order valence-corrected chi connectivity index (χ4v) is 1.85. The van der Waals surface area contributed by atoms with E-state index in [1.54, 1.807) is 6.92 Å². The summed E-state index contributed by atoms with van der Waals surface area (Å²) in [6, 6.07) is -0.195. The summed E-state index contributed by atoms with van der Waals surface area (Å²) in [6.45, 7) is 2.10. The lowest BCUT2D eigenvalue weighted by molar-refractivity contribution is -0.140. The molecule has 1 rings (SSSR count). The smallest absolute Gasteiger partial charge is 0.341 e. The van der Waals surface area contributed by atoms with Crippen molar-refractivity contribution in [2.75, 3.05) is 27.9 Å². The third-order valence-corrected chi connectivity index (χ3v) is 2.96. The van der Waals surface area contributed by atoms with E-state index >= 15 is 0 Å². The van der Waals surface area contributed by atoms with Crippen molar-refractivity contribution in [1.29, 1.82) is 0 Å². The van der Waals surface area contributed by atoms with Crippen molar-refractivity contribution >= 4 is 23.8 Å². The number of methoxy groups -OCH3 is 3. The van der Waals surface area contributed by atoms with Gasteiger partial charge in [0.1, 0.15) is 11.3 Å². The molecule has 1 aliphatic rings. The second-order valence-corrected chi connectivity index (χ2v) is 4.57. The number of nitrogens with one attached hydrogen (secondary N) is 2. The van der Waals surface area contributed by atoms with Crippen molar-refractivity contribution < 1.29 is 33.4 Å². The molecule has 0 aromatic heterocycles. The Morgan fingerprint density at radius 3 is 2.22 bits per heavy atom. The molecule has 9 nitrogen and oxygen atoms in total. The number of ether oxygens (including phenoxy) is 3. The van der Waals surface area contributed by atoms with Gasteiger partial charge in [0.05, 0.1) is 26.9 Å². The standard InChI is InChI=1S/C14H18N2O7/c1-7-6-15-12(18)11(16-7)10(14(20)23-4)8(13(19)22-3)5-9(17)21-2/h5,7,16H,6H2,1-4H3,(H,15,18)/b8-5+,11-10-. The molecule has 0 aromatic carbocycles. The third-order valence-electron chi connectivity index (χ3n) is 2.96. The van der Waals surface area contributed by atoms with Gasteiger partial charge in [0.25, 0.3) is 5.91 Å². The van der Waals surface area contributed by atoms with Crippen LogP contribution in [0.25, 0.3) is 0 Å². The SMILES string of the molecule is COC(=O)/C=C(C(=O)OC)\C(C(=O)OC)=C1\NC(C)CNC1=O. The van der Waals surface area contributed by atoms with Gasteiger partial charge in [0.15, 0.2) is 0 Å². The van der Waals surface area contributed by atoms with Crippen molar-refractivity contribution in [3.05, 3.63) is 22.9 Å². The zero-order chi connectivity index (χ0) is 17.6. The Labute approximate surface area is 132 Å². The minimum Gasteiger partial charge on any atom is -0.466 e. The molecule has 9 heteroatoms. The van der Waals surface area contributed by atoms with Crippen molar-refractivity contribution in [3.63, 3.8) is 0 Å². The summed E-state index contributed by atoms with van der Waals surface area (Å²) in [4.78, 5) is 47.6. The average Bonchev–Trinajstić information content (AvgIpc) is 2.55. The summed E-state index contributed by atoms with van der Waals surface area (Å²) in [7, 11) is 3.26. The maximum Gasteiger partial charge on any atom is 0.341 e. The Morgan fingerprint density at radius 1 is 1.09 bits per heavy atom. The summed E-state index contributed by atoms with van der Waals surface area (Å²) in [5, 5.41) is 5.36. The number of esters is 3. The summed E-state index contributed by atoms with van der Waals surface area (Å²) in [5.74, 6) is -3.46. The quantitative estimate of drug-likeness (QED) is 0.375. The van der Waals surface area contributed by atoms with Crippen LogP contribution in [0.15, 0.2) is 22.9 Å². The molecule has 1 saturated heterocycles. The summed E-state index contributed by atoms with van der Waals surface area (Å²) in [6.07, 6.45) is 0.763. The van der Waals surface area contributed by atoms with Gasteiger partial charge in [0, 0.05) is 18.7 Å². The summed E-state index contributed by atoms with van der Waals surface area (Å²) in [5.41, 5.74) is -1.04. The first-order valence-corrected chi connectivity index (χ1v) is 6.61. The van der Waals surface area contributed by atoms with Crippen molar-refractivity contribution in [2.45, 2.75) is 13.0 Å². The van der Waals surface area contributed by atoms with Crippen molar-refractivity contribution in [2.24, 2.45) is 0 Å². The first-order chi connectivity index (χ1) is 10.8. The van der Waals surface area contributed by atoms with Gasteiger partial charge in [-0.05, 0) is 6.92 Å². The lowest BCUT2D eigenvalue weighted by Gasteiger charge is -2.26. The number of carbonyl (C=O) groups excluding carboxylic acids is 4. The van der Waals surface area contributed by atoms with Crippen LogP contribution in [0, 0.1) is 0 Å². The molecule has 1 amide bonds. The van der Waals surface area contributed by atoms with Crippen LogP contribution in [0.1, 0.15) is 6.92 Å². The average molecular weight is 326 g/mol. The number of amides is 1. The molecule has 0 aromatic rings. The van der Waals surface area contributed by atoms with Crippen molar-refractivity contribution in [3.8, 4) is 0 Å². The molecule has 0 aliphatic carbocycles. The van der Waals surface area contributed by atoms with Crippen LogP contribution in [0.5, 0.6) is 0 Å². The van der Waals surface area contributed by atoms with Gasteiger partial charge in [-0.15, -0.1) is 0 Å². The van der Waals surface area contributed by atoms with E-state index in [0.29, 0.717) is 6.54 Å². The van der Waals surface area contributed by atoms with Crippen LogP contribution >= 0.6 is 0 Å². The van der Waals surface area contributed by atoms with Crippen LogP contribution in [-0.4, -0.2) is 57.7 Å². The first-order valence-electron chi connectivity index (χ1n) is 6.61. The lowest BCUT2D eigenvalue weighted by Crippen LogP contribution is -2.50. The molecule has 1 unspecified atom stereocenters. The highest BCUT2D eigenvalue weighted by molar-refractivity contribution is 6.14. The maximum absolute atomic E-state index is 12.1. The van der Waals surface area contributed by atoms with E-state index in [1.165, 1.54) is 0 Å². The largest absolute Gasteiger partial charge is 0.466 e. The van der Waals surface area contributed by atoms with Gasteiger partial charge in [-0.3, -0.25) is 4.79 Å². The Kier molecular flexibility index (Phi) is 6.31. The van der Waals surface area contributed by atoms with E-state index in [-0.39, 0.29) is 11.7 Å². The van der Waals surface area contributed by atoms with Crippen LogP contribution in [0.3, 0.4) is 0 Å². The zero-order valence-corrected chi connectivity index (χ0v) is 13.2. The molecule has 1 fully saturated rings. The highest BCUT2D eigenvalue weighted by Crippen LogP contribution is 2.19. The maximum atomic E-state index is 12.1. The lowest BCUT2D eigenvalue weighted by atomic mass is 10.0. The molecular weight excluding hydrogens is 308 g/mol. The van der Waals surface area contributed by atoms with E-state index in [4.69, 9.17) is 0 Å². The van der Waals surface area contributed by atoms with Crippen LogP contribution in [0.2, 0.25) is 0 Å². The molecule has 23 heavy (non-hydrogen) atoms. The summed E-state index contributed by atoms with van der Waals surface area (Å²) >= 11 is 0. The number of rotatable bonds is 4. The predicted molar refractivity (Wildman–Crippen MR) is 76.8 cm³/mol. The van der Waals surface area contributed by atoms with Gasteiger partial charge in [-0.1, -0.05) is 0 Å². The number of piperazine rings is 1. The van der Waals surface area contributed by atoms with E-state index in [1.807, 2.05) is 0 Å². The van der Waals surface area contributed by atoms with E-state index in [0.717, 1.165) is 27.4 Å². The predicted octanol–water partition coefficient (Wildman–Crippen LogP) is -1.21. The van der Waals surface area contributed by atoms with Crippen LogP contribution in [0.4, 0.5) is 0 Å². The first kappa shape index (κ1) is 18.2. The van der Waals surface area contributed by atoms with Crippen LogP contribution < -0.4 is 10.6 Å². The van der Waals surface area contributed by atoms with Crippen LogP contribution in [-0.2, 0) is 33.4 Å². The number of hydrogen-bond donors (Lipinski definition) is 2. The molecule has 0 radical (unpaired) electrons. The molecule has 0 saturated carbocycles. The topological polar surface area (TPSA) is 120 Å². The fourth-order valence-electron chi connectivity index (χ4n) is 1.85. The second-order valence-electron chi connectivity index (χ2n) is 4.57. The Bertz CT molecular complexity index is 592. The molecule has 1 aliphatic heterocycles. The minimum atomic E-state index is -0.990. The number of hydrogen-bond acceptors (Lipinski definition) is 8. The fraction of sp³-hybridized carbons (Fsp3) is 0.429. The Morgan fingerprint density at radius 2 is 1.70 bits per heavy atom. The number of carbonyl (C=O) groups is 4. The van der Waals surface area contributed by atoms with E-state index < -0.39 is 35.0 Å². The van der Waals surface area contributed by atoms with Crippen molar-refractivity contribution in [1.82, 2.24) is 10.6 Å². The Hall–Kier alpha value is -2.84. The normalized spacial score (nSPS) is 19.9. The molecule has 126 valence electrons. The molecule has 0 bridgehead atoms. The highest BCUT2D eigenvalue weighted by Gasteiger charge is 2.32. The van der Waals surface area contributed by atoms with Gasteiger partial charge < -0.3 is 24.8 Å². The van der Waals surface area contributed by atoms with E-state index in [9.17, 15) is 19.2 Å². The minimum absolute atomic E-state index is 0.184. The molecule has 0 spiro atoms. The van der Waals surface area contributed by atoms with Gasteiger partial charge in [0.2, 0.25) is 0 Å². The zero-order valence-electron chi connectivity index (χ0n) is 13.2. The molecular formula is C14H18N2O7. The van der Waals surface area contributed by atoms with Gasteiger partial charge in [-0.2, -0.15) is 0 Å². The monoisotopic (exact) mass is 326 g/mol. The summed E-state index contributed by atoms with van der Waals surface area (Å²) < 4.78 is 13.6. The second kappa shape index (κ2) is 7.97. The molecule has 1 atom stereocenters. The molecule has 1 heterocycles. The van der Waals surface area contributed by atoms with Gasteiger partial charge in [-0.25, -0.2) is 14.4 Å².